The van der Waals surface area contributed by atoms with E-state index in [0.29, 0.717) is 5.95 Å². The van der Waals surface area contributed by atoms with Crippen LogP contribution in [0.15, 0.2) is 24.3 Å². The molecule has 0 aliphatic rings. The van der Waals surface area contributed by atoms with E-state index in [1.54, 1.807) is 0 Å². The molecule has 18 heavy (non-hydrogen) atoms. The molecule has 0 aliphatic carbocycles. The van der Waals surface area contributed by atoms with Crippen LogP contribution in [0.5, 0.6) is 0 Å². The molecular weight excluding hydrogens is 226 g/mol. The number of hydrazine groups is 1. The van der Waals surface area contributed by atoms with Gasteiger partial charge in [-0.2, -0.15) is 4.98 Å². The van der Waals surface area contributed by atoms with Crippen LogP contribution in [0, 0.1) is 0 Å². The average Bonchev–Trinajstić information content (AvgIpc) is 2.35. The Morgan fingerprint density at radius 1 is 1.17 bits per heavy atom. The maximum atomic E-state index is 4.50. The van der Waals surface area contributed by atoms with E-state index in [1.165, 1.54) is 0 Å². The van der Waals surface area contributed by atoms with Gasteiger partial charge in [0.1, 0.15) is 0 Å². The minimum absolute atomic E-state index is 0.667. The molecule has 5 heteroatoms. The second-order valence-corrected chi connectivity index (χ2v) is 4.35. The molecule has 0 radical (unpaired) electrons. The van der Waals surface area contributed by atoms with Crippen molar-refractivity contribution in [2.24, 2.45) is 0 Å². The number of anilines is 2. The standard InChI is InChI=1S/C13H19N5/c1-4-9-14-13-15-11-8-6-5-7-10(11)12(16-13)17-18(2)3/h5-8H,4,9H2,1-3H3,(H2,14,15,16,17). The van der Waals surface area contributed by atoms with Crippen LogP contribution in [0.3, 0.4) is 0 Å². The van der Waals surface area contributed by atoms with Crippen molar-refractivity contribution in [3.05, 3.63) is 24.3 Å². The Bertz CT molecular complexity index is 524. The lowest BCUT2D eigenvalue weighted by molar-refractivity contribution is 0.493. The van der Waals surface area contributed by atoms with Crippen molar-refractivity contribution in [2.75, 3.05) is 31.4 Å². The molecule has 5 nitrogen and oxygen atoms in total. The molecule has 0 bridgehead atoms. The highest BCUT2D eigenvalue weighted by Gasteiger charge is 2.07. The van der Waals surface area contributed by atoms with Gasteiger partial charge in [-0.1, -0.05) is 19.1 Å². The van der Waals surface area contributed by atoms with Crippen molar-refractivity contribution in [2.45, 2.75) is 13.3 Å². The molecule has 0 aliphatic heterocycles. The molecule has 0 unspecified atom stereocenters. The Kier molecular flexibility index (Phi) is 3.94. The van der Waals surface area contributed by atoms with Crippen LogP contribution in [-0.2, 0) is 0 Å². The molecular formula is C13H19N5. The first-order valence-corrected chi connectivity index (χ1v) is 6.15. The number of nitrogens with one attached hydrogen (secondary N) is 2. The summed E-state index contributed by atoms with van der Waals surface area (Å²) in [6, 6.07) is 7.99. The normalized spacial score (nSPS) is 10.9. The van der Waals surface area contributed by atoms with Crippen LogP contribution in [-0.4, -0.2) is 35.6 Å². The number of benzene rings is 1. The topological polar surface area (TPSA) is 53.1 Å². The molecule has 2 aromatic rings. The van der Waals surface area contributed by atoms with E-state index in [-0.39, 0.29) is 0 Å². The summed E-state index contributed by atoms with van der Waals surface area (Å²) in [5.74, 6) is 1.49. The van der Waals surface area contributed by atoms with Gasteiger partial charge in [0.05, 0.1) is 5.52 Å². The molecule has 0 fully saturated rings. The van der Waals surface area contributed by atoms with E-state index in [0.717, 1.165) is 29.7 Å². The molecule has 1 heterocycles. The largest absolute Gasteiger partial charge is 0.354 e. The summed E-state index contributed by atoms with van der Waals surface area (Å²) in [6.45, 7) is 2.99. The van der Waals surface area contributed by atoms with Crippen molar-refractivity contribution in [3.8, 4) is 0 Å². The number of nitrogens with zero attached hydrogens (tertiary/aromatic N) is 3. The van der Waals surface area contributed by atoms with Gasteiger partial charge in [0.25, 0.3) is 0 Å². The van der Waals surface area contributed by atoms with Crippen molar-refractivity contribution in [3.63, 3.8) is 0 Å². The Morgan fingerprint density at radius 2 is 1.94 bits per heavy atom. The van der Waals surface area contributed by atoms with E-state index < -0.39 is 0 Å². The Hall–Kier alpha value is -1.88. The van der Waals surface area contributed by atoms with Gasteiger partial charge in [-0.05, 0) is 18.6 Å². The van der Waals surface area contributed by atoms with Crippen molar-refractivity contribution >= 4 is 22.7 Å². The smallest absolute Gasteiger partial charge is 0.225 e. The van der Waals surface area contributed by atoms with E-state index >= 15 is 0 Å². The fourth-order valence-electron chi connectivity index (χ4n) is 1.69. The number of rotatable bonds is 5. The van der Waals surface area contributed by atoms with Gasteiger partial charge in [0.15, 0.2) is 5.82 Å². The lowest BCUT2D eigenvalue weighted by atomic mass is 10.2. The van der Waals surface area contributed by atoms with Gasteiger partial charge in [-0.3, -0.25) is 0 Å². The second-order valence-electron chi connectivity index (χ2n) is 4.35. The minimum atomic E-state index is 0.667. The van der Waals surface area contributed by atoms with Gasteiger partial charge in [-0.25, -0.2) is 9.99 Å². The lowest BCUT2D eigenvalue weighted by Crippen LogP contribution is -2.21. The highest BCUT2D eigenvalue weighted by atomic mass is 15.5. The van der Waals surface area contributed by atoms with Crippen LogP contribution in [0.25, 0.3) is 10.9 Å². The van der Waals surface area contributed by atoms with Gasteiger partial charge >= 0.3 is 0 Å². The molecule has 0 saturated heterocycles. The van der Waals surface area contributed by atoms with E-state index in [2.05, 4.69) is 27.6 Å². The van der Waals surface area contributed by atoms with Crippen LogP contribution >= 0.6 is 0 Å². The monoisotopic (exact) mass is 245 g/mol. The SMILES string of the molecule is CCCNc1nc(NN(C)C)c2ccccc2n1. The third kappa shape index (κ3) is 2.87. The predicted octanol–water partition coefficient (Wildman–Crippen LogP) is 2.34. The number of fused-ring (bicyclic) bond motifs is 1. The number of hydrogen-bond donors (Lipinski definition) is 2. The fourth-order valence-corrected chi connectivity index (χ4v) is 1.69. The summed E-state index contributed by atoms with van der Waals surface area (Å²) >= 11 is 0. The fraction of sp³-hybridized carbons (Fsp3) is 0.385. The molecule has 0 atom stereocenters. The zero-order valence-corrected chi connectivity index (χ0v) is 11.1. The molecule has 0 saturated carbocycles. The molecule has 2 N–H and O–H groups in total. The first-order chi connectivity index (χ1) is 8.70. The second kappa shape index (κ2) is 5.64. The first-order valence-electron chi connectivity index (χ1n) is 6.15. The predicted molar refractivity (Wildman–Crippen MR) is 75.6 cm³/mol. The first kappa shape index (κ1) is 12.6. The summed E-state index contributed by atoms with van der Waals surface area (Å²) < 4.78 is 0. The van der Waals surface area contributed by atoms with Gasteiger partial charge < -0.3 is 10.7 Å². The highest BCUT2D eigenvalue weighted by molar-refractivity contribution is 5.89. The van der Waals surface area contributed by atoms with Gasteiger partial charge in [-0.15, -0.1) is 0 Å². The van der Waals surface area contributed by atoms with Crippen LogP contribution in [0.2, 0.25) is 0 Å². The van der Waals surface area contributed by atoms with E-state index in [4.69, 9.17) is 0 Å². The quantitative estimate of drug-likeness (QED) is 0.792. The van der Waals surface area contributed by atoms with Gasteiger partial charge in [0, 0.05) is 26.0 Å². The summed E-state index contributed by atoms with van der Waals surface area (Å²) in [5.41, 5.74) is 4.15. The third-order valence-electron chi connectivity index (χ3n) is 2.47. The molecule has 0 amide bonds. The highest BCUT2D eigenvalue weighted by Crippen LogP contribution is 2.21. The molecule has 1 aromatic carbocycles. The Labute approximate surface area is 107 Å². The molecule has 0 spiro atoms. The summed E-state index contributed by atoms with van der Waals surface area (Å²) in [5, 5.41) is 6.11. The van der Waals surface area contributed by atoms with Crippen LogP contribution in [0.4, 0.5) is 11.8 Å². The summed E-state index contributed by atoms with van der Waals surface area (Å²) in [4.78, 5) is 9.00. The van der Waals surface area contributed by atoms with Crippen molar-refractivity contribution < 1.29 is 0 Å². The number of aromatic nitrogens is 2. The number of hydrogen-bond acceptors (Lipinski definition) is 5. The van der Waals surface area contributed by atoms with E-state index in [1.807, 2.05) is 43.4 Å². The summed E-state index contributed by atoms with van der Waals surface area (Å²) in [7, 11) is 3.88. The van der Waals surface area contributed by atoms with Crippen molar-refractivity contribution in [1.29, 1.82) is 0 Å². The lowest BCUT2D eigenvalue weighted by Gasteiger charge is -2.15. The maximum absolute atomic E-state index is 4.50. The third-order valence-corrected chi connectivity index (χ3v) is 2.47. The maximum Gasteiger partial charge on any atom is 0.225 e. The Morgan fingerprint density at radius 3 is 2.67 bits per heavy atom. The van der Waals surface area contributed by atoms with E-state index in [9.17, 15) is 0 Å². The minimum Gasteiger partial charge on any atom is -0.354 e. The van der Waals surface area contributed by atoms with Gasteiger partial charge in [0.2, 0.25) is 5.95 Å². The molecule has 96 valence electrons. The van der Waals surface area contributed by atoms with Crippen molar-refractivity contribution in [1.82, 2.24) is 15.0 Å². The summed E-state index contributed by atoms with van der Waals surface area (Å²) in [6.07, 6.45) is 1.05. The average molecular weight is 245 g/mol. The molecule has 1 aromatic heterocycles. The zero-order valence-electron chi connectivity index (χ0n) is 11.1. The van der Waals surface area contributed by atoms with Crippen LogP contribution in [0.1, 0.15) is 13.3 Å². The number of para-hydroxylation sites is 1. The zero-order chi connectivity index (χ0) is 13.0. The molecule has 2 rings (SSSR count). The Balaban J connectivity index is 2.43. The van der Waals surface area contributed by atoms with Crippen LogP contribution < -0.4 is 10.7 Å².